The lowest BCUT2D eigenvalue weighted by atomic mass is 10.00. The highest BCUT2D eigenvalue weighted by Gasteiger charge is 2.36. The molecule has 2 aliphatic heterocycles. The highest BCUT2D eigenvalue weighted by Crippen LogP contribution is 2.33. The summed E-state index contributed by atoms with van der Waals surface area (Å²) in [5.74, 6) is -2.44. The number of Topliss-reactive ketones (excluding diaryl/α,β-unsaturated/α-hetero) is 2. The number of hydrogen-bond acceptors (Lipinski definition) is 17. The van der Waals surface area contributed by atoms with E-state index in [0.717, 1.165) is 41.0 Å². The van der Waals surface area contributed by atoms with Crippen LogP contribution in [0.5, 0.6) is 0 Å². The molecular weight excluding hydrogens is 1130 g/mol. The van der Waals surface area contributed by atoms with E-state index in [1.165, 1.54) is 36.4 Å². The quantitative estimate of drug-likeness (QED) is 0.0241. The Morgan fingerprint density at radius 1 is 0.679 bits per heavy atom. The lowest BCUT2D eigenvalue weighted by molar-refractivity contribution is -0.148. The van der Waals surface area contributed by atoms with Crippen LogP contribution in [0.25, 0.3) is 23.4 Å². The third kappa shape index (κ3) is 14.1. The van der Waals surface area contributed by atoms with Crippen LogP contribution < -0.4 is 27.0 Å². The summed E-state index contributed by atoms with van der Waals surface area (Å²) in [6, 6.07) is 20.9. The van der Waals surface area contributed by atoms with E-state index >= 15 is 0 Å². The number of ketones is 2. The van der Waals surface area contributed by atoms with Crippen molar-refractivity contribution in [1.29, 1.82) is 0 Å². The molecule has 25 heteroatoms. The van der Waals surface area contributed by atoms with E-state index in [1.54, 1.807) is 59.6 Å². The van der Waals surface area contributed by atoms with Gasteiger partial charge in [-0.1, -0.05) is 60.5 Å². The molecule has 0 spiro atoms. The summed E-state index contributed by atoms with van der Waals surface area (Å²) in [6.07, 6.45) is 9.85. The van der Waals surface area contributed by atoms with Crippen molar-refractivity contribution in [1.82, 2.24) is 39.0 Å². The second-order valence-electron chi connectivity index (χ2n) is 20.9. The van der Waals surface area contributed by atoms with Crippen molar-refractivity contribution in [3.63, 3.8) is 0 Å². The Kier molecular flexibility index (Phi) is 17.5. The first-order valence-electron chi connectivity index (χ1n) is 27.2. The van der Waals surface area contributed by atoms with Gasteiger partial charge in [0, 0.05) is 88.4 Å². The molecule has 4 aromatic heterocycles. The van der Waals surface area contributed by atoms with Gasteiger partial charge in [0.15, 0.2) is 17.1 Å². The van der Waals surface area contributed by atoms with Crippen LogP contribution in [0.4, 0.5) is 43.4 Å². The standard InChI is InChI=1S/C34H32ClFN6O5.C25H25ClFN7O3/c1-20(13-32(45)47-19-21-5-3-2-4-6-21)28(43)11-12-41-31(44)15-22(34(41)46)14-23-18-37-42-30(38-25-8-9-25)17-29(40-33(23)42)39-27-16-24(35)7-10-26(27)36;1-13(28)20(35)6-7-33-23(36)9-14(25(33)37)8-15-12-29-34-22(30-17-3-4-17)11-21(32-24(15)34)31-19-10-16(26)2-5-18(19)27/h2-7,10,14,16-18,20,25,38H,8-9,11-13,15,19H2,1H3,(H,39,40);2,5,8,10-13,17,30H,3-4,6-7,9,28H2,1H3,(H,31,32)/b22-14+;14-8+. The number of hydrogen-bond donors (Lipinski definition) is 5. The number of nitrogens with one attached hydrogen (secondary N) is 4. The summed E-state index contributed by atoms with van der Waals surface area (Å²) < 4.78 is 37.3. The number of nitrogens with two attached hydrogens (primary N) is 1. The fraction of sp³-hybridized carbons (Fsp3) is 0.305. The SMILES string of the molecule is CC(CC(=O)OCc1ccccc1)C(=O)CCN1C(=O)C/C(=C\c2cnn3c(NC4CC4)cc(Nc4cc(Cl)ccc4F)nc23)C1=O.CC(N)C(=O)CCN1C(=O)C/C(=C\c2cnn3c(NC4CC4)cc(Nc4cc(Cl)ccc4F)nc23)C1=O. The number of fused-ring (bicyclic) bond motifs is 2. The molecule has 2 saturated carbocycles. The number of rotatable bonds is 22. The summed E-state index contributed by atoms with van der Waals surface area (Å²) in [5, 5.41) is 22.3. The Hall–Kier alpha value is -8.93. The monoisotopic (exact) mass is 1180 g/mol. The first-order valence-corrected chi connectivity index (χ1v) is 28.0. The van der Waals surface area contributed by atoms with Gasteiger partial charge in [-0.3, -0.25) is 43.4 Å². The van der Waals surface area contributed by atoms with Gasteiger partial charge in [0.25, 0.3) is 11.8 Å². The minimum atomic E-state index is -0.658. The summed E-state index contributed by atoms with van der Waals surface area (Å²) in [7, 11) is 0. The molecular formula is C59H57Cl2F2N13O8. The predicted octanol–water partition coefficient (Wildman–Crippen LogP) is 9.00. The van der Waals surface area contributed by atoms with Crippen LogP contribution in [-0.4, -0.2) is 111 Å². The van der Waals surface area contributed by atoms with Gasteiger partial charge in [-0.25, -0.2) is 18.7 Å². The molecule has 2 atom stereocenters. The van der Waals surface area contributed by atoms with E-state index in [4.69, 9.17) is 33.7 Å². The number of benzene rings is 3. The number of esters is 1. The van der Waals surface area contributed by atoms with Crippen LogP contribution >= 0.6 is 23.2 Å². The molecule has 6 N–H and O–H groups in total. The van der Waals surface area contributed by atoms with E-state index in [0.29, 0.717) is 61.8 Å². The van der Waals surface area contributed by atoms with Gasteiger partial charge in [0.05, 0.1) is 49.1 Å². The molecule has 434 valence electrons. The zero-order chi connectivity index (χ0) is 59.3. The van der Waals surface area contributed by atoms with E-state index in [-0.39, 0.29) is 97.8 Å². The van der Waals surface area contributed by atoms with E-state index in [2.05, 4.69) is 41.4 Å². The van der Waals surface area contributed by atoms with Crippen molar-refractivity contribution in [3.05, 3.63) is 141 Å². The zero-order valence-corrected chi connectivity index (χ0v) is 47.1. The molecule has 0 bridgehead atoms. The van der Waals surface area contributed by atoms with Crippen LogP contribution in [0.15, 0.2) is 102 Å². The molecule has 0 radical (unpaired) electrons. The largest absolute Gasteiger partial charge is 0.461 e. The maximum Gasteiger partial charge on any atom is 0.306 e. The zero-order valence-electron chi connectivity index (χ0n) is 45.5. The fourth-order valence-corrected chi connectivity index (χ4v) is 9.55. The normalized spacial score (nSPS) is 16.8. The summed E-state index contributed by atoms with van der Waals surface area (Å²) >= 11 is 12.1. The highest BCUT2D eigenvalue weighted by atomic mass is 35.5. The topological polar surface area (TPSA) is 270 Å². The number of likely N-dealkylation sites (tertiary alicyclic amines) is 2. The Morgan fingerprint density at radius 2 is 1.14 bits per heavy atom. The molecule has 2 aliphatic carbocycles. The molecule has 2 unspecified atom stereocenters. The smallest absolute Gasteiger partial charge is 0.306 e. The van der Waals surface area contributed by atoms with Gasteiger partial charge in [0.2, 0.25) is 11.8 Å². The van der Waals surface area contributed by atoms with E-state index in [9.17, 15) is 42.3 Å². The predicted molar refractivity (Wildman–Crippen MR) is 310 cm³/mol. The molecule has 4 amide bonds. The van der Waals surface area contributed by atoms with Crippen LogP contribution in [0.2, 0.25) is 10.0 Å². The molecule has 2 saturated heterocycles. The van der Waals surface area contributed by atoms with Crippen LogP contribution in [0, 0.1) is 17.6 Å². The van der Waals surface area contributed by atoms with Gasteiger partial charge in [-0.2, -0.15) is 19.2 Å². The first-order chi connectivity index (χ1) is 40.3. The number of imide groups is 2. The number of anilines is 6. The Bertz CT molecular complexity index is 3820. The molecule has 7 aromatic rings. The first kappa shape index (κ1) is 58.3. The van der Waals surface area contributed by atoms with Gasteiger partial charge in [0.1, 0.15) is 47.3 Å². The Labute approximate surface area is 489 Å². The van der Waals surface area contributed by atoms with Crippen molar-refractivity contribution in [2.45, 2.75) is 96.4 Å². The molecule has 21 nitrogen and oxygen atoms in total. The van der Waals surface area contributed by atoms with Crippen LogP contribution in [0.1, 0.15) is 88.3 Å². The molecule has 4 aliphatic rings. The molecule has 6 heterocycles. The number of carbonyl (C=O) groups is 7. The van der Waals surface area contributed by atoms with Crippen molar-refractivity contribution >= 4 is 122 Å². The summed E-state index contributed by atoms with van der Waals surface area (Å²) in [4.78, 5) is 99.8. The number of carbonyl (C=O) groups excluding carboxylic acids is 7. The minimum Gasteiger partial charge on any atom is -0.461 e. The Balaban J connectivity index is 0.000000193. The average molecular weight is 1190 g/mol. The number of aromatic nitrogens is 6. The summed E-state index contributed by atoms with van der Waals surface area (Å²) in [6.45, 7) is 3.19. The van der Waals surface area contributed by atoms with Crippen molar-refractivity contribution < 1.29 is 47.1 Å². The molecule has 4 fully saturated rings. The second kappa shape index (κ2) is 25.3. The number of amides is 4. The lowest BCUT2D eigenvalue weighted by Crippen LogP contribution is -2.35. The van der Waals surface area contributed by atoms with Crippen molar-refractivity contribution in [3.8, 4) is 0 Å². The van der Waals surface area contributed by atoms with Crippen molar-refractivity contribution in [2.24, 2.45) is 11.7 Å². The number of halogens is 4. The number of nitrogens with zero attached hydrogens (tertiary/aromatic N) is 8. The van der Waals surface area contributed by atoms with Gasteiger partial charge < -0.3 is 31.7 Å². The third-order valence-electron chi connectivity index (χ3n) is 14.2. The number of ether oxygens (including phenoxy) is 1. The van der Waals surface area contributed by atoms with Crippen molar-refractivity contribution in [2.75, 3.05) is 34.4 Å². The maximum atomic E-state index is 14.5. The second-order valence-corrected chi connectivity index (χ2v) is 21.8. The third-order valence-corrected chi connectivity index (χ3v) is 14.6. The Morgan fingerprint density at radius 3 is 1.60 bits per heavy atom. The minimum absolute atomic E-state index is 0.00594. The van der Waals surface area contributed by atoms with E-state index in [1.807, 2.05) is 30.3 Å². The molecule has 11 rings (SSSR count). The fourth-order valence-electron chi connectivity index (χ4n) is 9.21. The molecule has 3 aromatic carbocycles. The maximum absolute atomic E-state index is 14.5. The van der Waals surface area contributed by atoms with Gasteiger partial charge >= 0.3 is 5.97 Å². The van der Waals surface area contributed by atoms with Gasteiger partial charge in [-0.15, -0.1) is 0 Å². The average Bonchev–Trinajstić information content (AvgIpc) is 3.51. The van der Waals surface area contributed by atoms with Crippen LogP contribution in [0.3, 0.4) is 0 Å². The van der Waals surface area contributed by atoms with E-state index < -0.39 is 47.3 Å². The molecule has 84 heavy (non-hydrogen) atoms. The summed E-state index contributed by atoms with van der Waals surface area (Å²) in [5.41, 5.74) is 9.02. The van der Waals surface area contributed by atoms with Gasteiger partial charge in [-0.05, 0) is 86.7 Å². The van der Waals surface area contributed by atoms with Crippen LogP contribution in [-0.2, 0) is 44.9 Å². The highest BCUT2D eigenvalue weighted by molar-refractivity contribution is 6.31. The lowest BCUT2D eigenvalue weighted by Gasteiger charge is -2.15.